The first-order valence-electron chi connectivity index (χ1n) is 6.63. The number of nitrogens with one attached hydrogen (secondary N) is 2. The molecule has 3 rings (SSSR count). The summed E-state index contributed by atoms with van der Waals surface area (Å²) in [5, 5.41) is 11.6. The van der Waals surface area contributed by atoms with Crippen LogP contribution in [0.4, 0.5) is 0 Å². The van der Waals surface area contributed by atoms with Crippen LogP contribution >= 0.6 is 0 Å². The third-order valence-corrected chi connectivity index (χ3v) is 3.65. The van der Waals surface area contributed by atoms with Crippen molar-refractivity contribution in [1.82, 2.24) is 19.9 Å². The Balaban J connectivity index is 1.55. The largest absolute Gasteiger partial charge is 0.352 e. The molecule has 1 aliphatic rings. The van der Waals surface area contributed by atoms with Crippen LogP contribution in [0.3, 0.4) is 0 Å². The van der Waals surface area contributed by atoms with Gasteiger partial charge in [0, 0.05) is 38.1 Å². The van der Waals surface area contributed by atoms with Crippen molar-refractivity contribution in [1.29, 1.82) is 5.26 Å². The second-order valence-corrected chi connectivity index (χ2v) is 5.02. The first-order valence-corrected chi connectivity index (χ1v) is 6.63. The molecule has 0 fully saturated rings. The van der Waals surface area contributed by atoms with Gasteiger partial charge in [0.2, 0.25) is 0 Å². The maximum Gasteiger partial charge on any atom is 0.252 e. The third-order valence-electron chi connectivity index (χ3n) is 3.65. The van der Waals surface area contributed by atoms with E-state index < -0.39 is 0 Å². The van der Waals surface area contributed by atoms with Gasteiger partial charge in [-0.05, 0) is 18.4 Å². The summed E-state index contributed by atoms with van der Waals surface area (Å²) in [6.45, 7) is 1.54. The quantitative estimate of drug-likeness (QED) is 0.874. The summed E-state index contributed by atoms with van der Waals surface area (Å²) in [4.78, 5) is 19.0. The number of fused-ring (bicyclic) bond motifs is 1. The highest BCUT2D eigenvalue weighted by Crippen LogP contribution is 2.18. The lowest BCUT2D eigenvalue weighted by molar-refractivity contribution is 0.0944. The first-order chi connectivity index (χ1) is 9.76. The molecular formula is C14H15N5O. The van der Waals surface area contributed by atoms with Crippen LogP contribution in [-0.2, 0) is 13.0 Å². The Bertz CT molecular complexity index is 663. The van der Waals surface area contributed by atoms with Crippen LogP contribution in [0.5, 0.6) is 0 Å². The molecule has 102 valence electrons. The standard InChI is InChI=1S/C14H15N5O/c15-6-12-5-11(8-17-12)14(20)18-7-10-1-2-13-16-3-4-19(13)9-10/h3-5,8,10,17H,1-2,7,9H2,(H,18,20). The highest BCUT2D eigenvalue weighted by atomic mass is 16.1. The predicted molar refractivity (Wildman–Crippen MR) is 71.9 cm³/mol. The zero-order chi connectivity index (χ0) is 13.9. The molecule has 1 aliphatic heterocycles. The van der Waals surface area contributed by atoms with Crippen LogP contribution < -0.4 is 5.32 Å². The number of hydrogen-bond acceptors (Lipinski definition) is 3. The number of rotatable bonds is 3. The zero-order valence-corrected chi connectivity index (χ0v) is 11.0. The van der Waals surface area contributed by atoms with E-state index in [0.717, 1.165) is 25.2 Å². The minimum Gasteiger partial charge on any atom is -0.352 e. The van der Waals surface area contributed by atoms with Gasteiger partial charge in [0.1, 0.15) is 17.6 Å². The zero-order valence-electron chi connectivity index (χ0n) is 11.0. The summed E-state index contributed by atoms with van der Waals surface area (Å²) in [6, 6.07) is 3.53. The minimum absolute atomic E-state index is 0.140. The molecule has 0 saturated heterocycles. The maximum absolute atomic E-state index is 12.0. The second-order valence-electron chi connectivity index (χ2n) is 5.02. The van der Waals surface area contributed by atoms with E-state index in [1.54, 1.807) is 12.3 Å². The molecule has 20 heavy (non-hydrogen) atoms. The smallest absolute Gasteiger partial charge is 0.252 e. The van der Waals surface area contributed by atoms with Crippen molar-refractivity contribution in [2.75, 3.05) is 6.54 Å². The van der Waals surface area contributed by atoms with Crippen molar-refractivity contribution in [2.45, 2.75) is 19.4 Å². The summed E-state index contributed by atoms with van der Waals surface area (Å²) in [6.07, 6.45) is 7.35. The van der Waals surface area contributed by atoms with Gasteiger partial charge in [-0.25, -0.2) is 4.98 Å². The third kappa shape index (κ3) is 2.43. The van der Waals surface area contributed by atoms with Crippen LogP contribution in [0.15, 0.2) is 24.7 Å². The molecule has 2 N–H and O–H groups in total. The molecule has 1 amide bonds. The molecule has 1 atom stereocenters. The van der Waals surface area contributed by atoms with Crippen molar-refractivity contribution in [2.24, 2.45) is 5.92 Å². The molecule has 1 unspecified atom stereocenters. The van der Waals surface area contributed by atoms with Crippen molar-refractivity contribution >= 4 is 5.91 Å². The lowest BCUT2D eigenvalue weighted by Crippen LogP contribution is -2.33. The molecule has 0 saturated carbocycles. The number of carbonyl (C=O) groups excluding carboxylic acids is 1. The van der Waals surface area contributed by atoms with Crippen LogP contribution in [-0.4, -0.2) is 27.0 Å². The topological polar surface area (TPSA) is 86.5 Å². The number of hydrogen-bond donors (Lipinski definition) is 2. The van der Waals surface area contributed by atoms with Crippen LogP contribution in [0.25, 0.3) is 0 Å². The fourth-order valence-corrected chi connectivity index (χ4v) is 2.53. The molecule has 2 aromatic heterocycles. The Kier molecular flexibility index (Phi) is 3.25. The number of H-pyrrole nitrogens is 1. The van der Waals surface area contributed by atoms with Gasteiger partial charge in [-0.1, -0.05) is 0 Å². The number of nitriles is 1. The van der Waals surface area contributed by atoms with Gasteiger partial charge in [-0.3, -0.25) is 4.79 Å². The summed E-state index contributed by atoms with van der Waals surface area (Å²) in [5.41, 5.74) is 0.900. The van der Waals surface area contributed by atoms with E-state index in [2.05, 4.69) is 19.9 Å². The molecule has 6 heteroatoms. The molecule has 0 bridgehead atoms. The lowest BCUT2D eigenvalue weighted by atomic mass is 9.99. The number of aromatic nitrogens is 3. The van der Waals surface area contributed by atoms with E-state index in [-0.39, 0.29) is 5.91 Å². The predicted octanol–water partition coefficient (Wildman–Crippen LogP) is 1.08. The first kappa shape index (κ1) is 12.5. The van der Waals surface area contributed by atoms with Crippen LogP contribution in [0, 0.1) is 17.2 Å². The SMILES string of the molecule is N#Cc1cc(C(=O)NCC2CCc3nccn3C2)c[nH]1. The number of imidazole rings is 1. The molecule has 0 aliphatic carbocycles. The van der Waals surface area contributed by atoms with Gasteiger partial charge in [0.05, 0.1) is 5.56 Å². The highest BCUT2D eigenvalue weighted by Gasteiger charge is 2.19. The number of aromatic amines is 1. The molecular weight excluding hydrogens is 254 g/mol. The molecule has 0 radical (unpaired) electrons. The van der Waals surface area contributed by atoms with E-state index in [0.29, 0.717) is 23.7 Å². The van der Waals surface area contributed by atoms with Gasteiger partial charge in [0.15, 0.2) is 0 Å². The van der Waals surface area contributed by atoms with Crippen molar-refractivity contribution in [3.8, 4) is 6.07 Å². The Morgan fingerprint density at radius 2 is 2.55 bits per heavy atom. The molecule has 0 spiro atoms. The van der Waals surface area contributed by atoms with Gasteiger partial charge in [0.25, 0.3) is 5.91 Å². The Morgan fingerprint density at radius 1 is 1.65 bits per heavy atom. The van der Waals surface area contributed by atoms with E-state index in [9.17, 15) is 4.79 Å². The number of amides is 1. The summed E-state index contributed by atoms with van der Waals surface area (Å²) >= 11 is 0. The average molecular weight is 269 g/mol. The van der Waals surface area contributed by atoms with E-state index in [4.69, 9.17) is 5.26 Å². The number of nitrogens with zero attached hydrogens (tertiary/aromatic N) is 3. The van der Waals surface area contributed by atoms with Crippen molar-refractivity contribution in [3.63, 3.8) is 0 Å². The Hall–Kier alpha value is -2.55. The van der Waals surface area contributed by atoms with Gasteiger partial charge in [-0.2, -0.15) is 5.26 Å². The van der Waals surface area contributed by atoms with Gasteiger partial charge in [-0.15, -0.1) is 0 Å². The monoisotopic (exact) mass is 269 g/mol. The molecule has 2 aromatic rings. The number of aryl methyl sites for hydroxylation is 1. The Labute approximate surface area is 116 Å². The fraction of sp³-hybridized carbons (Fsp3) is 0.357. The van der Waals surface area contributed by atoms with Crippen LogP contribution in [0.2, 0.25) is 0 Å². The maximum atomic E-state index is 12.0. The summed E-state index contributed by atoms with van der Waals surface area (Å²) < 4.78 is 2.14. The second kappa shape index (κ2) is 5.21. The molecule has 6 nitrogen and oxygen atoms in total. The lowest BCUT2D eigenvalue weighted by Gasteiger charge is -2.23. The average Bonchev–Trinajstić information content (AvgIpc) is 3.12. The van der Waals surface area contributed by atoms with E-state index in [1.807, 2.05) is 18.5 Å². The van der Waals surface area contributed by atoms with Crippen molar-refractivity contribution in [3.05, 3.63) is 41.7 Å². The molecule has 0 aromatic carbocycles. The van der Waals surface area contributed by atoms with Crippen molar-refractivity contribution < 1.29 is 4.79 Å². The number of carbonyl (C=O) groups is 1. The van der Waals surface area contributed by atoms with Gasteiger partial charge < -0.3 is 14.9 Å². The van der Waals surface area contributed by atoms with Gasteiger partial charge >= 0.3 is 0 Å². The van der Waals surface area contributed by atoms with E-state index >= 15 is 0 Å². The summed E-state index contributed by atoms with van der Waals surface area (Å²) in [7, 11) is 0. The minimum atomic E-state index is -0.140. The normalized spacial score (nSPS) is 17.2. The fourth-order valence-electron chi connectivity index (χ4n) is 2.53. The van der Waals surface area contributed by atoms with Crippen LogP contribution in [0.1, 0.15) is 28.3 Å². The molecule has 3 heterocycles. The summed E-state index contributed by atoms with van der Waals surface area (Å²) in [5.74, 6) is 1.41. The Morgan fingerprint density at radius 3 is 3.35 bits per heavy atom. The van der Waals surface area contributed by atoms with E-state index in [1.165, 1.54) is 0 Å². The highest BCUT2D eigenvalue weighted by molar-refractivity contribution is 5.94.